The summed E-state index contributed by atoms with van der Waals surface area (Å²) in [6, 6.07) is 5.79. The van der Waals surface area contributed by atoms with Gasteiger partial charge in [0.15, 0.2) is 17.3 Å². The molecule has 184 valence electrons. The molecular weight excluding hydrogens is 430 g/mol. The highest BCUT2D eigenvalue weighted by molar-refractivity contribution is 6.04. The van der Waals surface area contributed by atoms with Crippen LogP contribution in [0.1, 0.15) is 84.1 Å². The van der Waals surface area contributed by atoms with E-state index in [0.717, 1.165) is 36.2 Å². The van der Waals surface area contributed by atoms with Gasteiger partial charge in [-0.25, -0.2) is 4.79 Å². The summed E-state index contributed by atoms with van der Waals surface area (Å²) in [5.41, 5.74) is 3.47. The summed E-state index contributed by atoms with van der Waals surface area (Å²) in [5.74, 6) is 0.489. The lowest BCUT2D eigenvalue weighted by Crippen LogP contribution is -2.38. The number of ketones is 1. The Hall–Kier alpha value is -2.76. The van der Waals surface area contributed by atoms with Crippen molar-refractivity contribution in [2.24, 2.45) is 5.41 Å². The highest BCUT2D eigenvalue weighted by Gasteiger charge is 2.43. The van der Waals surface area contributed by atoms with Gasteiger partial charge in [-0.1, -0.05) is 26.3 Å². The lowest BCUT2D eigenvalue weighted by Gasteiger charge is -2.39. The van der Waals surface area contributed by atoms with Crippen molar-refractivity contribution < 1.29 is 23.8 Å². The first kappa shape index (κ1) is 24.4. The smallest absolute Gasteiger partial charge is 0.336 e. The molecular formula is C28H37NO5. The van der Waals surface area contributed by atoms with Gasteiger partial charge in [0, 0.05) is 29.3 Å². The molecule has 1 N–H and O–H groups in total. The van der Waals surface area contributed by atoms with Gasteiger partial charge in [-0.05, 0) is 69.1 Å². The van der Waals surface area contributed by atoms with Crippen molar-refractivity contribution in [2.75, 3.05) is 13.7 Å². The summed E-state index contributed by atoms with van der Waals surface area (Å²) in [4.78, 5) is 26.5. The number of methoxy groups -OCH3 is 1. The Bertz CT molecular complexity index is 1030. The number of hydrogen-bond acceptors (Lipinski definition) is 6. The van der Waals surface area contributed by atoms with Crippen LogP contribution in [0.3, 0.4) is 0 Å². The zero-order chi connectivity index (χ0) is 24.5. The second-order valence-corrected chi connectivity index (χ2v) is 10.4. The number of ether oxygens (including phenoxy) is 3. The second kappa shape index (κ2) is 9.85. The first-order valence-electron chi connectivity index (χ1n) is 12.5. The minimum atomic E-state index is -0.503. The van der Waals surface area contributed by atoms with Crippen LogP contribution in [0.5, 0.6) is 11.5 Å². The van der Waals surface area contributed by atoms with Gasteiger partial charge in [-0.2, -0.15) is 0 Å². The molecule has 1 heterocycles. The lowest BCUT2D eigenvalue weighted by atomic mass is 9.68. The number of esters is 1. The molecule has 0 spiro atoms. The third-order valence-corrected chi connectivity index (χ3v) is 7.10. The van der Waals surface area contributed by atoms with Crippen LogP contribution < -0.4 is 14.8 Å². The molecule has 0 bridgehead atoms. The van der Waals surface area contributed by atoms with E-state index in [1.54, 1.807) is 14.0 Å². The van der Waals surface area contributed by atoms with Gasteiger partial charge in [0.2, 0.25) is 0 Å². The molecule has 1 atom stereocenters. The summed E-state index contributed by atoms with van der Waals surface area (Å²) in [5, 5.41) is 3.37. The van der Waals surface area contributed by atoms with E-state index in [1.165, 1.54) is 19.3 Å². The Kier molecular flexibility index (Phi) is 7.06. The zero-order valence-electron chi connectivity index (χ0n) is 21.1. The Morgan fingerprint density at radius 2 is 1.85 bits per heavy atom. The van der Waals surface area contributed by atoms with Crippen LogP contribution in [0, 0.1) is 5.41 Å². The van der Waals surface area contributed by atoms with E-state index in [4.69, 9.17) is 14.2 Å². The number of nitrogens with one attached hydrogen (secondary N) is 1. The highest BCUT2D eigenvalue weighted by Crippen LogP contribution is 2.48. The van der Waals surface area contributed by atoms with Crippen LogP contribution in [-0.2, 0) is 14.3 Å². The Labute approximate surface area is 202 Å². The van der Waals surface area contributed by atoms with Crippen LogP contribution in [0.2, 0.25) is 0 Å². The summed E-state index contributed by atoms with van der Waals surface area (Å²) < 4.78 is 17.4. The maximum atomic E-state index is 13.4. The van der Waals surface area contributed by atoms with Crippen molar-refractivity contribution >= 4 is 11.8 Å². The second-order valence-electron chi connectivity index (χ2n) is 10.4. The molecule has 1 saturated carbocycles. The SMILES string of the molecule is CCOC(=O)C1=C(C)NC2=C(C(=O)CC(C)(C)C2)[C@@H]1c1ccc(OC2CCCCC2)c(OC)c1. The molecule has 0 amide bonds. The molecule has 6 heteroatoms. The Morgan fingerprint density at radius 1 is 1.12 bits per heavy atom. The molecule has 6 nitrogen and oxygen atoms in total. The Morgan fingerprint density at radius 3 is 2.53 bits per heavy atom. The van der Waals surface area contributed by atoms with Crippen molar-refractivity contribution in [3.05, 3.63) is 46.3 Å². The topological polar surface area (TPSA) is 73.9 Å². The molecule has 0 aromatic heterocycles. The summed E-state index contributed by atoms with van der Waals surface area (Å²) in [6.07, 6.45) is 7.11. The number of carbonyl (C=O) groups excluding carboxylic acids is 2. The van der Waals surface area contributed by atoms with Crippen molar-refractivity contribution in [3.63, 3.8) is 0 Å². The normalized spacial score (nSPS) is 22.7. The molecule has 34 heavy (non-hydrogen) atoms. The maximum absolute atomic E-state index is 13.4. The molecule has 1 aromatic carbocycles. The van der Waals surface area contributed by atoms with Crippen molar-refractivity contribution in [1.29, 1.82) is 0 Å². The highest BCUT2D eigenvalue weighted by atomic mass is 16.5. The molecule has 0 radical (unpaired) electrons. The summed E-state index contributed by atoms with van der Waals surface area (Å²) >= 11 is 0. The van der Waals surface area contributed by atoms with Gasteiger partial charge in [-0.15, -0.1) is 0 Å². The average molecular weight is 468 g/mol. The Balaban J connectivity index is 1.77. The van der Waals surface area contributed by atoms with Crippen molar-refractivity contribution in [2.45, 2.75) is 84.7 Å². The number of Topliss-reactive ketones (excluding diaryl/α,β-unsaturated/α-hetero) is 1. The number of allylic oxidation sites excluding steroid dienone is 3. The first-order chi connectivity index (χ1) is 16.2. The van der Waals surface area contributed by atoms with Crippen molar-refractivity contribution in [3.8, 4) is 11.5 Å². The molecule has 1 aromatic rings. The molecule has 3 aliphatic rings. The van der Waals surface area contributed by atoms with Gasteiger partial charge < -0.3 is 19.5 Å². The van der Waals surface area contributed by atoms with Gasteiger partial charge in [0.05, 0.1) is 25.4 Å². The predicted octanol–water partition coefficient (Wildman–Crippen LogP) is 5.57. The number of carbonyl (C=O) groups is 2. The van der Waals surface area contributed by atoms with Gasteiger partial charge in [0.25, 0.3) is 0 Å². The van der Waals surface area contributed by atoms with Gasteiger partial charge >= 0.3 is 5.97 Å². The number of dihydropyridines is 1. The quantitative estimate of drug-likeness (QED) is 0.551. The zero-order valence-corrected chi connectivity index (χ0v) is 21.1. The predicted molar refractivity (Wildman–Crippen MR) is 131 cm³/mol. The summed E-state index contributed by atoms with van der Waals surface area (Å²) in [7, 11) is 1.63. The van der Waals surface area contributed by atoms with Gasteiger partial charge in [-0.3, -0.25) is 4.79 Å². The van der Waals surface area contributed by atoms with Crippen molar-refractivity contribution in [1.82, 2.24) is 5.32 Å². The minimum absolute atomic E-state index is 0.0690. The van der Waals surface area contributed by atoms with E-state index in [9.17, 15) is 9.59 Å². The number of hydrogen-bond donors (Lipinski definition) is 1. The fourth-order valence-corrected chi connectivity index (χ4v) is 5.57. The van der Waals surface area contributed by atoms with E-state index in [-0.39, 0.29) is 23.9 Å². The summed E-state index contributed by atoms with van der Waals surface area (Å²) in [6.45, 7) is 8.15. The fraction of sp³-hybridized carbons (Fsp3) is 0.571. The van der Waals surface area contributed by atoms with Gasteiger partial charge in [0.1, 0.15) is 0 Å². The monoisotopic (exact) mass is 467 g/mol. The standard InChI is InChI=1S/C28H37NO5/c1-6-33-27(31)24-17(2)29-20-15-28(3,4)16-21(30)26(20)25(24)18-12-13-22(23(14-18)32-5)34-19-10-8-7-9-11-19/h12-14,19,25,29H,6-11,15-16H2,1-5H3/t25-/m1/s1. The van der Waals surface area contributed by atoms with E-state index >= 15 is 0 Å². The fourth-order valence-electron chi connectivity index (χ4n) is 5.57. The lowest BCUT2D eigenvalue weighted by molar-refractivity contribution is -0.138. The van der Waals surface area contributed by atoms with E-state index in [1.807, 2.05) is 25.1 Å². The van der Waals surface area contributed by atoms with E-state index in [0.29, 0.717) is 29.1 Å². The van der Waals surface area contributed by atoms with Crippen LogP contribution in [0.4, 0.5) is 0 Å². The molecule has 2 aliphatic carbocycles. The number of benzene rings is 1. The number of rotatable bonds is 6. The largest absolute Gasteiger partial charge is 0.493 e. The molecule has 0 unspecified atom stereocenters. The third kappa shape index (κ3) is 4.86. The van der Waals surface area contributed by atoms with Crippen LogP contribution >= 0.6 is 0 Å². The van der Waals surface area contributed by atoms with Crippen LogP contribution in [-0.4, -0.2) is 31.6 Å². The van der Waals surface area contributed by atoms with E-state index in [2.05, 4.69) is 19.2 Å². The molecule has 1 fully saturated rings. The van der Waals surface area contributed by atoms with Crippen LogP contribution in [0.25, 0.3) is 0 Å². The molecule has 4 rings (SSSR count). The average Bonchev–Trinajstić information content (AvgIpc) is 2.78. The van der Waals surface area contributed by atoms with E-state index < -0.39 is 11.9 Å². The first-order valence-corrected chi connectivity index (χ1v) is 12.5. The minimum Gasteiger partial charge on any atom is -0.493 e. The molecule has 0 saturated heterocycles. The van der Waals surface area contributed by atoms with Crippen LogP contribution in [0.15, 0.2) is 40.7 Å². The molecule has 1 aliphatic heterocycles. The third-order valence-electron chi connectivity index (χ3n) is 7.10. The maximum Gasteiger partial charge on any atom is 0.336 e.